The maximum absolute atomic E-state index is 11.8. The van der Waals surface area contributed by atoms with E-state index < -0.39 is 0 Å². The van der Waals surface area contributed by atoms with Gasteiger partial charge in [-0.2, -0.15) is 0 Å². The molecule has 2 aromatic rings. The lowest BCUT2D eigenvalue weighted by Gasteiger charge is -2.27. The van der Waals surface area contributed by atoms with E-state index in [-0.39, 0.29) is 24.1 Å². The van der Waals surface area contributed by atoms with Crippen LogP contribution in [0.4, 0.5) is 0 Å². The van der Waals surface area contributed by atoms with Crippen LogP contribution in [0.5, 0.6) is 5.75 Å². The molecule has 0 aliphatic carbocycles. The molecule has 1 amide bonds. The summed E-state index contributed by atoms with van der Waals surface area (Å²) in [6, 6.07) is 15.4. The fraction of sp³-hybridized carbons (Fsp3) is 0.188. The molecule has 0 bridgehead atoms. The Balaban J connectivity index is 1.95. The van der Waals surface area contributed by atoms with Crippen molar-refractivity contribution in [2.75, 3.05) is 0 Å². The second-order valence-electron chi connectivity index (χ2n) is 4.83. The van der Waals surface area contributed by atoms with E-state index in [0.717, 1.165) is 17.5 Å². The summed E-state index contributed by atoms with van der Waals surface area (Å²) in [4.78, 5) is 11.8. The summed E-state index contributed by atoms with van der Waals surface area (Å²) in [5, 5.41) is 12.9. The van der Waals surface area contributed by atoms with Crippen LogP contribution < -0.4 is 5.32 Å². The summed E-state index contributed by atoms with van der Waals surface area (Å²) in [5.41, 5.74) is 2.94. The van der Waals surface area contributed by atoms with Crippen LogP contribution in [0, 0.1) is 0 Å². The molecule has 1 heterocycles. The van der Waals surface area contributed by atoms with Crippen molar-refractivity contribution < 1.29 is 9.90 Å². The molecule has 96 valence electrons. The molecule has 1 aliphatic rings. The zero-order valence-corrected chi connectivity index (χ0v) is 10.5. The molecule has 1 unspecified atom stereocenters. The Morgan fingerprint density at radius 3 is 2.68 bits per heavy atom. The monoisotopic (exact) mass is 253 g/mol. The summed E-state index contributed by atoms with van der Waals surface area (Å²) < 4.78 is 0. The number of amides is 1. The molecular formula is C16H15NO2. The highest BCUT2D eigenvalue weighted by Gasteiger charge is 2.26. The molecule has 3 nitrogen and oxygen atoms in total. The van der Waals surface area contributed by atoms with Crippen molar-refractivity contribution in [3.05, 3.63) is 65.2 Å². The molecule has 0 radical (unpaired) electrons. The van der Waals surface area contributed by atoms with Gasteiger partial charge in [0.2, 0.25) is 5.91 Å². The minimum absolute atomic E-state index is 0.0325. The van der Waals surface area contributed by atoms with Crippen molar-refractivity contribution in [1.82, 2.24) is 5.32 Å². The van der Waals surface area contributed by atoms with Crippen LogP contribution in [0.25, 0.3) is 0 Å². The standard InChI is InChI=1S/C16H15NO2/c18-15-8-4-7-12-13(15)10-16(19)17-14(12)9-11-5-2-1-3-6-11/h1-8,14,18H,9-10H2,(H,17,19). The molecule has 19 heavy (non-hydrogen) atoms. The van der Waals surface area contributed by atoms with Gasteiger partial charge in [0.15, 0.2) is 0 Å². The second-order valence-corrected chi connectivity index (χ2v) is 4.83. The zero-order valence-electron chi connectivity index (χ0n) is 10.5. The maximum Gasteiger partial charge on any atom is 0.225 e. The lowest BCUT2D eigenvalue weighted by Crippen LogP contribution is -2.36. The van der Waals surface area contributed by atoms with Gasteiger partial charge in [-0.05, 0) is 23.6 Å². The lowest BCUT2D eigenvalue weighted by atomic mass is 9.89. The van der Waals surface area contributed by atoms with Gasteiger partial charge in [-0.3, -0.25) is 4.79 Å². The molecule has 0 saturated heterocycles. The van der Waals surface area contributed by atoms with E-state index in [1.807, 2.05) is 42.5 Å². The number of aromatic hydroxyl groups is 1. The SMILES string of the molecule is O=C1Cc2c(O)cccc2C(Cc2ccccc2)N1. The van der Waals surface area contributed by atoms with Crippen molar-refractivity contribution >= 4 is 5.91 Å². The van der Waals surface area contributed by atoms with E-state index in [4.69, 9.17) is 0 Å². The number of phenolic OH excluding ortho intramolecular Hbond substituents is 1. The third-order valence-electron chi connectivity index (χ3n) is 3.52. The molecule has 0 saturated carbocycles. The second kappa shape index (κ2) is 4.76. The first-order valence-corrected chi connectivity index (χ1v) is 6.38. The van der Waals surface area contributed by atoms with Crippen LogP contribution in [-0.2, 0) is 17.6 Å². The van der Waals surface area contributed by atoms with Crippen LogP contribution in [0.15, 0.2) is 48.5 Å². The Labute approximate surface area is 111 Å². The Bertz CT molecular complexity index is 607. The molecule has 1 atom stereocenters. The summed E-state index contributed by atoms with van der Waals surface area (Å²) in [6.45, 7) is 0. The van der Waals surface area contributed by atoms with Crippen LogP contribution in [-0.4, -0.2) is 11.0 Å². The number of phenols is 1. The number of carbonyl (C=O) groups excluding carboxylic acids is 1. The lowest BCUT2D eigenvalue weighted by molar-refractivity contribution is -0.121. The molecule has 3 heteroatoms. The predicted molar refractivity (Wildman–Crippen MR) is 72.8 cm³/mol. The van der Waals surface area contributed by atoms with E-state index in [9.17, 15) is 9.90 Å². The fourth-order valence-corrected chi connectivity index (χ4v) is 2.61. The molecule has 0 aromatic heterocycles. The van der Waals surface area contributed by atoms with E-state index in [1.165, 1.54) is 5.56 Å². The van der Waals surface area contributed by atoms with Gasteiger partial charge >= 0.3 is 0 Å². The number of hydrogen-bond acceptors (Lipinski definition) is 2. The maximum atomic E-state index is 11.8. The van der Waals surface area contributed by atoms with Crippen molar-refractivity contribution in [3.63, 3.8) is 0 Å². The molecule has 3 rings (SSSR count). The summed E-state index contributed by atoms with van der Waals surface area (Å²) in [5.74, 6) is 0.181. The number of benzene rings is 2. The first-order chi connectivity index (χ1) is 9.24. The largest absolute Gasteiger partial charge is 0.508 e. The van der Waals surface area contributed by atoms with Crippen LogP contribution in [0.3, 0.4) is 0 Å². The highest BCUT2D eigenvalue weighted by atomic mass is 16.3. The van der Waals surface area contributed by atoms with Gasteiger partial charge in [0.05, 0.1) is 12.5 Å². The van der Waals surface area contributed by atoms with E-state index in [1.54, 1.807) is 6.07 Å². The van der Waals surface area contributed by atoms with Gasteiger partial charge in [0.1, 0.15) is 5.75 Å². The highest BCUT2D eigenvalue weighted by molar-refractivity contribution is 5.82. The minimum atomic E-state index is -0.0641. The van der Waals surface area contributed by atoms with Gasteiger partial charge in [-0.25, -0.2) is 0 Å². The van der Waals surface area contributed by atoms with Gasteiger partial charge < -0.3 is 10.4 Å². The normalized spacial score (nSPS) is 17.7. The van der Waals surface area contributed by atoms with Gasteiger partial charge in [-0.1, -0.05) is 42.5 Å². The number of hydrogen-bond donors (Lipinski definition) is 2. The molecular weight excluding hydrogens is 238 g/mol. The first kappa shape index (κ1) is 11.8. The quantitative estimate of drug-likeness (QED) is 0.863. The smallest absolute Gasteiger partial charge is 0.225 e. The van der Waals surface area contributed by atoms with E-state index in [2.05, 4.69) is 5.32 Å². The number of nitrogens with one attached hydrogen (secondary N) is 1. The van der Waals surface area contributed by atoms with Gasteiger partial charge in [-0.15, -0.1) is 0 Å². The molecule has 0 spiro atoms. The Morgan fingerprint density at radius 1 is 1.11 bits per heavy atom. The Hall–Kier alpha value is -2.29. The molecule has 2 aromatic carbocycles. The van der Waals surface area contributed by atoms with E-state index >= 15 is 0 Å². The van der Waals surface area contributed by atoms with Crippen molar-refractivity contribution in [2.24, 2.45) is 0 Å². The predicted octanol–water partition coefficient (Wildman–Crippen LogP) is 2.35. The van der Waals surface area contributed by atoms with Gasteiger partial charge in [0, 0.05) is 5.56 Å². The first-order valence-electron chi connectivity index (χ1n) is 6.38. The topological polar surface area (TPSA) is 49.3 Å². The number of carbonyl (C=O) groups is 1. The summed E-state index contributed by atoms with van der Waals surface area (Å²) in [7, 11) is 0. The third kappa shape index (κ3) is 2.32. The molecule has 1 aliphatic heterocycles. The number of rotatable bonds is 2. The summed E-state index contributed by atoms with van der Waals surface area (Å²) >= 11 is 0. The summed E-state index contributed by atoms with van der Waals surface area (Å²) in [6.07, 6.45) is 0.996. The zero-order chi connectivity index (χ0) is 13.2. The Kier molecular flexibility index (Phi) is 2.95. The van der Waals surface area contributed by atoms with Crippen molar-refractivity contribution in [1.29, 1.82) is 0 Å². The van der Waals surface area contributed by atoms with Crippen LogP contribution in [0.2, 0.25) is 0 Å². The van der Waals surface area contributed by atoms with Gasteiger partial charge in [0.25, 0.3) is 0 Å². The van der Waals surface area contributed by atoms with Crippen molar-refractivity contribution in [3.8, 4) is 5.75 Å². The van der Waals surface area contributed by atoms with E-state index in [0.29, 0.717) is 0 Å². The minimum Gasteiger partial charge on any atom is -0.508 e. The average molecular weight is 253 g/mol. The average Bonchev–Trinajstić information content (AvgIpc) is 2.41. The third-order valence-corrected chi connectivity index (χ3v) is 3.52. The highest BCUT2D eigenvalue weighted by Crippen LogP contribution is 2.31. The fourth-order valence-electron chi connectivity index (χ4n) is 2.61. The van der Waals surface area contributed by atoms with Crippen LogP contribution in [0.1, 0.15) is 22.7 Å². The van der Waals surface area contributed by atoms with Crippen molar-refractivity contribution in [2.45, 2.75) is 18.9 Å². The molecule has 0 fully saturated rings. The Morgan fingerprint density at radius 2 is 1.89 bits per heavy atom. The molecule has 2 N–H and O–H groups in total. The number of fused-ring (bicyclic) bond motifs is 1. The van der Waals surface area contributed by atoms with Crippen LogP contribution >= 0.6 is 0 Å².